The SMILES string of the molecule is NNC(Cc1cccs1)c1cscn1. The molecule has 1 atom stereocenters. The molecule has 0 fully saturated rings. The van der Waals surface area contributed by atoms with Crippen molar-refractivity contribution < 1.29 is 0 Å². The third kappa shape index (κ3) is 2.19. The number of nitrogens with zero attached hydrogens (tertiary/aromatic N) is 1. The first-order valence-corrected chi connectivity index (χ1v) is 6.09. The van der Waals surface area contributed by atoms with Gasteiger partial charge in [-0.1, -0.05) is 6.07 Å². The van der Waals surface area contributed by atoms with Gasteiger partial charge < -0.3 is 0 Å². The smallest absolute Gasteiger partial charge is 0.0795 e. The summed E-state index contributed by atoms with van der Waals surface area (Å²) >= 11 is 3.34. The Morgan fingerprint density at radius 3 is 3.07 bits per heavy atom. The Labute approximate surface area is 90.6 Å². The number of hydrazine groups is 1. The Morgan fingerprint density at radius 1 is 1.57 bits per heavy atom. The summed E-state index contributed by atoms with van der Waals surface area (Å²) in [6.45, 7) is 0. The lowest BCUT2D eigenvalue weighted by atomic mass is 10.1. The monoisotopic (exact) mass is 225 g/mol. The van der Waals surface area contributed by atoms with Gasteiger partial charge in [-0.3, -0.25) is 11.3 Å². The molecule has 0 aliphatic carbocycles. The lowest BCUT2D eigenvalue weighted by Gasteiger charge is -2.11. The van der Waals surface area contributed by atoms with Crippen LogP contribution in [0.5, 0.6) is 0 Å². The second-order valence-electron chi connectivity index (χ2n) is 2.92. The highest BCUT2D eigenvalue weighted by atomic mass is 32.1. The summed E-state index contributed by atoms with van der Waals surface area (Å²) < 4.78 is 0. The van der Waals surface area contributed by atoms with Crippen LogP contribution in [-0.2, 0) is 6.42 Å². The van der Waals surface area contributed by atoms with E-state index in [1.54, 1.807) is 22.7 Å². The third-order valence-corrected chi connectivity index (χ3v) is 3.50. The molecule has 0 radical (unpaired) electrons. The molecule has 0 aromatic carbocycles. The van der Waals surface area contributed by atoms with Crippen molar-refractivity contribution in [3.63, 3.8) is 0 Å². The first-order chi connectivity index (χ1) is 6.90. The Bertz CT molecular complexity index is 355. The summed E-state index contributed by atoms with van der Waals surface area (Å²) in [5, 5.41) is 4.10. The topological polar surface area (TPSA) is 50.9 Å². The van der Waals surface area contributed by atoms with Gasteiger partial charge in [0.25, 0.3) is 0 Å². The molecule has 0 spiro atoms. The molecule has 2 heterocycles. The number of aromatic nitrogens is 1. The van der Waals surface area contributed by atoms with Crippen molar-refractivity contribution >= 4 is 22.7 Å². The molecule has 74 valence electrons. The van der Waals surface area contributed by atoms with Gasteiger partial charge in [-0.15, -0.1) is 22.7 Å². The van der Waals surface area contributed by atoms with E-state index in [-0.39, 0.29) is 6.04 Å². The zero-order valence-electron chi connectivity index (χ0n) is 7.51. The normalized spacial score (nSPS) is 12.9. The van der Waals surface area contributed by atoms with Crippen molar-refractivity contribution in [2.45, 2.75) is 12.5 Å². The molecule has 3 nitrogen and oxygen atoms in total. The Morgan fingerprint density at radius 2 is 2.50 bits per heavy atom. The van der Waals surface area contributed by atoms with Gasteiger partial charge in [0.2, 0.25) is 0 Å². The van der Waals surface area contributed by atoms with Crippen molar-refractivity contribution in [2.75, 3.05) is 0 Å². The zero-order valence-corrected chi connectivity index (χ0v) is 9.15. The minimum Gasteiger partial charge on any atom is -0.271 e. The molecule has 2 rings (SSSR count). The van der Waals surface area contributed by atoms with Crippen LogP contribution in [-0.4, -0.2) is 4.98 Å². The average Bonchev–Trinajstić information content (AvgIpc) is 2.86. The second-order valence-corrected chi connectivity index (χ2v) is 4.67. The molecular weight excluding hydrogens is 214 g/mol. The molecular formula is C9H11N3S2. The van der Waals surface area contributed by atoms with Gasteiger partial charge in [-0.25, -0.2) is 4.98 Å². The molecule has 0 aliphatic rings. The Balaban J connectivity index is 2.08. The highest BCUT2D eigenvalue weighted by molar-refractivity contribution is 7.09. The molecule has 3 N–H and O–H groups in total. The van der Waals surface area contributed by atoms with E-state index in [2.05, 4.69) is 27.9 Å². The predicted octanol–water partition coefficient (Wildman–Crippen LogP) is 1.95. The van der Waals surface area contributed by atoms with Crippen LogP contribution in [0.1, 0.15) is 16.6 Å². The van der Waals surface area contributed by atoms with Gasteiger partial charge >= 0.3 is 0 Å². The van der Waals surface area contributed by atoms with E-state index >= 15 is 0 Å². The highest BCUT2D eigenvalue weighted by Crippen LogP contribution is 2.20. The van der Waals surface area contributed by atoms with E-state index in [1.807, 2.05) is 10.9 Å². The van der Waals surface area contributed by atoms with Crippen LogP contribution in [0, 0.1) is 0 Å². The van der Waals surface area contributed by atoms with E-state index in [0.717, 1.165) is 12.1 Å². The number of rotatable bonds is 4. The van der Waals surface area contributed by atoms with E-state index in [4.69, 9.17) is 5.84 Å². The minimum absolute atomic E-state index is 0.125. The maximum Gasteiger partial charge on any atom is 0.0795 e. The molecule has 0 saturated carbocycles. The number of nitrogens with one attached hydrogen (secondary N) is 1. The fourth-order valence-corrected chi connectivity index (χ4v) is 2.63. The minimum atomic E-state index is 0.125. The Kier molecular flexibility index (Phi) is 3.26. The third-order valence-electron chi connectivity index (χ3n) is 2.00. The molecule has 0 bridgehead atoms. The van der Waals surface area contributed by atoms with Crippen molar-refractivity contribution in [1.82, 2.24) is 10.4 Å². The van der Waals surface area contributed by atoms with Crippen LogP contribution in [0.3, 0.4) is 0 Å². The van der Waals surface area contributed by atoms with Crippen molar-refractivity contribution in [3.05, 3.63) is 39.0 Å². The summed E-state index contributed by atoms with van der Waals surface area (Å²) in [5.41, 5.74) is 5.64. The molecule has 1 unspecified atom stereocenters. The summed E-state index contributed by atoms with van der Waals surface area (Å²) in [5.74, 6) is 5.50. The standard InChI is InChI=1S/C9H11N3S2/c10-12-8(9-5-13-6-11-9)4-7-2-1-3-14-7/h1-3,5-6,8,12H,4,10H2. The Hall–Kier alpha value is -0.750. The molecule has 0 amide bonds. The van der Waals surface area contributed by atoms with Gasteiger partial charge in [0.05, 0.1) is 17.2 Å². The van der Waals surface area contributed by atoms with Crippen molar-refractivity contribution in [2.24, 2.45) is 5.84 Å². The van der Waals surface area contributed by atoms with E-state index in [1.165, 1.54) is 4.88 Å². The van der Waals surface area contributed by atoms with E-state index < -0.39 is 0 Å². The quantitative estimate of drug-likeness (QED) is 0.617. The van der Waals surface area contributed by atoms with Gasteiger partial charge in [0, 0.05) is 16.7 Å². The molecule has 2 aromatic rings. The van der Waals surface area contributed by atoms with Gasteiger partial charge in [0.1, 0.15) is 0 Å². The molecule has 5 heteroatoms. The number of nitrogens with two attached hydrogens (primary N) is 1. The van der Waals surface area contributed by atoms with E-state index in [0.29, 0.717) is 0 Å². The average molecular weight is 225 g/mol. The molecule has 2 aromatic heterocycles. The largest absolute Gasteiger partial charge is 0.271 e. The molecule has 14 heavy (non-hydrogen) atoms. The van der Waals surface area contributed by atoms with Gasteiger partial charge in [-0.2, -0.15) is 0 Å². The predicted molar refractivity (Wildman–Crippen MR) is 60.2 cm³/mol. The number of hydrogen-bond donors (Lipinski definition) is 2. The first-order valence-electron chi connectivity index (χ1n) is 4.26. The van der Waals surface area contributed by atoms with Crippen LogP contribution >= 0.6 is 22.7 Å². The van der Waals surface area contributed by atoms with Crippen molar-refractivity contribution in [3.8, 4) is 0 Å². The maximum atomic E-state index is 5.50. The number of thiazole rings is 1. The van der Waals surface area contributed by atoms with Crippen molar-refractivity contribution in [1.29, 1.82) is 0 Å². The summed E-state index contributed by atoms with van der Waals surface area (Å²) in [6, 6.07) is 4.29. The summed E-state index contributed by atoms with van der Waals surface area (Å²) in [6.07, 6.45) is 0.901. The maximum absolute atomic E-state index is 5.50. The molecule has 0 aliphatic heterocycles. The van der Waals surface area contributed by atoms with Crippen LogP contribution in [0.25, 0.3) is 0 Å². The fraction of sp³-hybridized carbons (Fsp3) is 0.222. The highest BCUT2D eigenvalue weighted by Gasteiger charge is 2.12. The van der Waals surface area contributed by atoms with Gasteiger partial charge in [-0.05, 0) is 11.4 Å². The zero-order chi connectivity index (χ0) is 9.80. The molecule has 0 saturated heterocycles. The lowest BCUT2D eigenvalue weighted by molar-refractivity contribution is 0.544. The van der Waals surface area contributed by atoms with E-state index in [9.17, 15) is 0 Å². The second kappa shape index (κ2) is 4.65. The van der Waals surface area contributed by atoms with Crippen LogP contribution in [0.15, 0.2) is 28.4 Å². The summed E-state index contributed by atoms with van der Waals surface area (Å²) in [7, 11) is 0. The fourth-order valence-electron chi connectivity index (χ4n) is 1.27. The van der Waals surface area contributed by atoms with Crippen LogP contribution in [0.2, 0.25) is 0 Å². The lowest BCUT2D eigenvalue weighted by Crippen LogP contribution is -2.29. The van der Waals surface area contributed by atoms with Crippen LogP contribution in [0.4, 0.5) is 0 Å². The van der Waals surface area contributed by atoms with Crippen LogP contribution < -0.4 is 11.3 Å². The van der Waals surface area contributed by atoms with Gasteiger partial charge in [0.15, 0.2) is 0 Å². The number of thiophene rings is 1. The summed E-state index contributed by atoms with van der Waals surface area (Å²) in [4.78, 5) is 5.57. The number of hydrogen-bond acceptors (Lipinski definition) is 5. The first kappa shape index (κ1) is 9.79.